The highest BCUT2D eigenvalue weighted by molar-refractivity contribution is 5.95. The van der Waals surface area contributed by atoms with Crippen LogP contribution in [0.15, 0.2) is 41.6 Å². The molecule has 0 radical (unpaired) electrons. The molecule has 1 unspecified atom stereocenters. The third kappa shape index (κ3) is 5.16. The lowest BCUT2D eigenvalue weighted by atomic mass is 10.0. The number of nitro benzene ring substituents is 1. The van der Waals surface area contributed by atoms with Crippen LogP contribution in [0.2, 0.25) is 0 Å². The first kappa shape index (κ1) is 20.6. The molecule has 1 aromatic rings. The van der Waals surface area contributed by atoms with Crippen molar-refractivity contribution in [1.82, 2.24) is 10.6 Å². The van der Waals surface area contributed by atoms with Crippen LogP contribution in [0.4, 0.5) is 10.5 Å². The van der Waals surface area contributed by atoms with E-state index in [4.69, 9.17) is 9.47 Å². The second-order valence-corrected chi connectivity index (χ2v) is 5.69. The molecule has 0 aliphatic carbocycles. The van der Waals surface area contributed by atoms with Crippen molar-refractivity contribution < 1.29 is 28.8 Å². The average Bonchev–Trinajstić information content (AvgIpc) is 2.64. The van der Waals surface area contributed by atoms with Gasteiger partial charge in [-0.05, 0) is 26.0 Å². The fraction of sp³-hybridized carbons (Fsp3) is 0.278. The van der Waals surface area contributed by atoms with Crippen molar-refractivity contribution in [3.63, 3.8) is 0 Å². The van der Waals surface area contributed by atoms with E-state index < -0.39 is 28.9 Å². The van der Waals surface area contributed by atoms with Crippen molar-refractivity contribution in [2.45, 2.75) is 19.9 Å². The zero-order chi connectivity index (χ0) is 20.7. The third-order valence-electron chi connectivity index (χ3n) is 3.76. The minimum Gasteiger partial charge on any atom is -0.463 e. The maximum atomic E-state index is 12.1. The van der Waals surface area contributed by atoms with Gasteiger partial charge < -0.3 is 20.1 Å². The van der Waals surface area contributed by atoms with E-state index in [1.165, 1.54) is 24.3 Å². The van der Waals surface area contributed by atoms with E-state index in [0.29, 0.717) is 0 Å². The monoisotopic (exact) mass is 389 g/mol. The minimum atomic E-state index is -0.797. The van der Waals surface area contributed by atoms with Gasteiger partial charge in [-0.3, -0.25) is 10.1 Å². The summed E-state index contributed by atoms with van der Waals surface area (Å²) in [6.07, 6.45) is 2.28. The number of nitro groups is 1. The first-order valence-electron chi connectivity index (χ1n) is 8.39. The standard InChI is InChI=1S/C18H19N3O7/c1-3-27-17(23)16-11(2)19-18(24)20-13(16)10-28-15(22)9-8-12-6-4-5-7-14(12)21(25)26/h4-9,11H,3,10H2,1-2H3,(H2,19,20,24)/b9-8+. The maximum Gasteiger partial charge on any atom is 0.338 e. The van der Waals surface area contributed by atoms with Gasteiger partial charge in [-0.1, -0.05) is 12.1 Å². The number of hydrogen-bond donors (Lipinski definition) is 2. The SMILES string of the molecule is CCOC(=O)C1=C(COC(=O)/C=C/c2ccccc2[N+](=O)[O-])NC(=O)NC1C. The first-order chi connectivity index (χ1) is 13.3. The number of urea groups is 1. The van der Waals surface area contributed by atoms with Gasteiger partial charge in [-0.2, -0.15) is 0 Å². The molecule has 1 atom stereocenters. The summed E-state index contributed by atoms with van der Waals surface area (Å²) in [7, 11) is 0. The molecule has 0 saturated heterocycles. The van der Waals surface area contributed by atoms with Crippen molar-refractivity contribution >= 4 is 29.7 Å². The zero-order valence-electron chi connectivity index (χ0n) is 15.3. The van der Waals surface area contributed by atoms with E-state index in [2.05, 4.69) is 10.6 Å². The van der Waals surface area contributed by atoms with Crippen LogP contribution in [0.1, 0.15) is 19.4 Å². The average molecular weight is 389 g/mol. The summed E-state index contributed by atoms with van der Waals surface area (Å²) in [6, 6.07) is 4.75. The van der Waals surface area contributed by atoms with Gasteiger partial charge in [0.1, 0.15) is 6.61 Å². The van der Waals surface area contributed by atoms with Crippen molar-refractivity contribution in [1.29, 1.82) is 0 Å². The van der Waals surface area contributed by atoms with Crippen LogP contribution < -0.4 is 10.6 Å². The molecule has 0 aromatic heterocycles. The number of benzene rings is 1. The Hall–Kier alpha value is -3.69. The van der Waals surface area contributed by atoms with Crippen LogP contribution in [-0.2, 0) is 19.1 Å². The summed E-state index contributed by atoms with van der Waals surface area (Å²) in [6.45, 7) is 3.02. The van der Waals surface area contributed by atoms with Crippen molar-refractivity contribution in [3.8, 4) is 0 Å². The molecule has 1 heterocycles. The fourth-order valence-corrected chi connectivity index (χ4v) is 2.54. The lowest BCUT2D eigenvalue weighted by molar-refractivity contribution is -0.385. The van der Waals surface area contributed by atoms with E-state index in [9.17, 15) is 24.5 Å². The Morgan fingerprint density at radius 1 is 1.29 bits per heavy atom. The van der Waals surface area contributed by atoms with Gasteiger partial charge in [0, 0.05) is 12.1 Å². The topological polar surface area (TPSA) is 137 Å². The minimum absolute atomic E-state index is 0.113. The predicted molar refractivity (Wildman–Crippen MR) is 97.9 cm³/mol. The molecule has 28 heavy (non-hydrogen) atoms. The second-order valence-electron chi connectivity index (χ2n) is 5.69. The number of para-hydroxylation sites is 1. The van der Waals surface area contributed by atoms with Crippen molar-refractivity contribution in [2.24, 2.45) is 0 Å². The summed E-state index contributed by atoms with van der Waals surface area (Å²) < 4.78 is 10.0. The number of carbonyl (C=O) groups excluding carboxylic acids is 3. The van der Waals surface area contributed by atoms with Crippen LogP contribution in [0.5, 0.6) is 0 Å². The molecule has 10 nitrogen and oxygen atoms in total. The molecule has 10 heteroatoms. The summed E-state index contributed by atoms with van der Waals surface area (Å²) >= 11 is 0. The highest BCUT2D eigenvalue weighted by atomic mass is 16.6. The first-order valence-corrected chi connectivity index (χ1v) is 8.39. The molecule has 2 N–H and O–H groups in total. The number of carbonyl (C=O) groups is 3. The molecular weight excluding hydrogens is 370 g/mol. The Labute approximate surface area is 160 Å². The van der Waals surface area contributed by atoms with Gasteiger partial charge in [0.2, 0.25) is 0 Å². The number of hydrogen-bond acceptors (Lipinski definition) is 7. The fourth-order valence-electron chi connectivity index (χ4n) is 2.54. The molecule has 0 saturated carbocycles. The van der Waals surface area contributed by atoms with Crippen molar-refractivity contribution in [2.75, 3.05) is 13.2 Å². The molecular formula is C18H19N3O7. The lowest BCUT2D eigenvalue weighted by Gasteiger charge is -2.26. The molecule has 2 rings (SSSR count). The molecule has 0 fully saturated rings. The Kier molecular flexibility index (Phi) is 6.85. The number of rotatable bonds is 7. The van der Waals surface area contributed by atoms with Gasteiger partial charge in [-0.15, -0.1) is 0 Å². The number of nitrogens with one attached hydrogen (secondary N) is 2. The van der Waals surface area contributed by atoms with Crippen LogP contribution in [0.25, 0.3) is 6.08 Å². The van der Waals surface area contributed by atoms with Crippen LogP contribution in [-0.4, -0.2) is 42.1 Å². The Bertz CT molecular complexity index is 860. The highest BCUT2D eigenvalue weighted by Crippen LogP contribution is 2.19. The molecule has 2 amide bonds. The summed E-state index contributed by atoms with van der Waals surface area (Å²) in [5.41, 5.74) is 0.344. The molecule has 1 aliphatic heterocycles. The summed E-state index contributed by atoms with van der Waals surface area (Å²) in [5, 5.41) is 15.9. The maximum absolute atomic E-state index is 12.1. The van der Waals surface area contributed by atoms with Crippen LogP contribution in [0, 0.1) is 10.1 Å². The van der Waals surface area contributed by atoms with Gasteiger partial charge in [0.25, 0.3) is 5.69 Å². The Morgan fingerprint density at radius 3 is 2.68 bits per heavy atom. The van der Waals surface area contributed by atoms with E-state index in [0.717, 1.165) is 6.08 Å². The van der Waals surface area contributed by atoms with Gasteiger partial charge >= 0.3 is 18.0 Å². The number of nitrogens with zero attached hydrogens (tertiary/aromatic N) is 1. The van der Waals surface area contributed by atoms with Crippen LogP contribution in [0.3, 0.4) is 0 Å². The summed E-state index contributed by atoms with van der Waals surface area (Å²) in [4.78, 5) is 46.1. The Balaban J connectivity index is 2.11. The third-order valence-corrected chi connectivity index (χ3v) is 3.76. The number of ether oxygens (including phenoxy) is 2. The second kappa shape index (κ2) is 9.31. The van der Waals surface area contributed by atoms with E-state index in [-0.39, 0.29) is 35.7 Å². The highest BCUT2D eigenvalue weighted by Gasteiger charge is 2.30. The normalized spacial score (nSPS) is 16.4. The number of amides is 2. The Morgan fingerprint density at radius 2 is 2.00 bits per heavy atom. The molecule has 0 spiro atoms. The largest absolute Gasteiger partial charge is 0.463 e. The summed E-state index contributed by atoms with van der Waals surface area (Å²) in [5.74, 6) is -1.43. The molecule has 1 aromatic carbocycles. The smallest absolute Gasteiger partial charge is 0.338 e. The lowest BCUT2D eigenvalue weighted by Crippen LogP contribution is -2.50. The predicted octanol–water partition coefficient (Wildman–Crippen LogP) is 1.67. The van der Waals surface area contributed by atoms with E-state index in [1.807, 2.05) is 0 Å². The van der Waals surface area contributed by atoms with Gasteiger partial charge in [0.05, 0.1) is 34.4 Å². The van der Waals surface area contributed by atoms with Crippen molar-refractivity contribution in [3.05, 3.63) is 57.3 Å². The van der Waals surface area contributed by atoms with Crippen LogP contribution >= 0.6 is 0 Å². The molecule has 148 valence electrons. The van der Waals surface area contributed by atoms with Gasteiger partial charge in [0.15, 0.2) is 0 Å². The van der Waals surface area contributed by atoms with E-state index >= 15 is 0 Å². The zero-order valence-corrected chi connectivity index (χ0v) is 15.3. The van der Waals surface area contributed by atoms with E-state index in [1.54, 1.807) is 19.9 Å². The van der Waals surface area contributed by atoms with Gasteiger partial charge in [-0.25, -0.2) is 14.4 Å². The quantitative estimate of drug-likeness (QED) is 0.313. The molecule has 1 aliphatic rings. The molecule has 0 bridgehead atoms. The number of esters is 2.